The molecule has 0 unspecified atom stereocenters. The molecule has 1 aliphatic carbocycles. The van der Waals surface area contributed by atoms with Crippen molar-refractivity contribution in [1.29, 1.82) is 5.26 Å². The molecule has 5 aromatic rings. The summed E-state index contributed by atoms with van der Waals surface area (Å²) in [7, 11) is 0. The van der Waals surface area contributed by atoms with Crippen molar-refractivity contribution in [2.45, 2.75) is 0 Å². The molecule has 0 spiro atoms. The number of halogens is 2. The van der Waals surface area contributed by atoms with E-state index in [4.69, 9.17) is 33.4 Å². The number of imidazole rings is 1. The van der Waals surface area contributed by atoms with Crippen LogP contribution >= 0.6 is 34.5 Å². The fourth-order valence-electron chi connectivity index (χ4n) is 4.26. The van der Waals surface area contributed by atoms with Crippen LogP contribution in [0.15, 0.2) is 78.4 Å². The number of rotatable bonds is 3. The number of benzene rings is 3. The Morgan fingerprint density at radius 3 is 2.14 bits per heavy atom. The molecule has 36 heavy (non-hydrogen) atoms. The molecular weight excluding hydrogens is 513 g/mol. The Balaban J connectivity index is 1.51. The fourth-order valence-corrected chi connectivity index (χ4v) is 5.62. The minimum absolute atomic E-state index is 0.0190. The van der Waals surface area contributed by atoms with Gasteiger partial charge in [0.1, 0.15) is 10.7 Å². The van der Waals surface area contributed by atoms with Crippen LogP contribution in [0.5, 0.6) is 0 Å². The predicted octanol–water partition coefficient (Wildman–Crippen LogP) is 7.40. The lowest BCUT2D eigenvalue weighted by molar-refractivity contribution is 0.0990. The first-order valence-corrected chi connectivity index (χ1v) is 12.4. The van der Waals surface area contributed by atoms with Gasteiger partial charge in [-0.3, -0.25) is 14.2 Å². The number of para-hydroxylation sites is 1. The van der Waals surface area contributed by atoms with Gasteiger partial charge in [0.25, 0.3) is 0 Å². The average Bonchev–Trinajstić information content (AvgIpc) is 3.52. The predicted molar refractivity (Wildman–Crippen MR) is 142 cm³/mol. The van der Waals surface area contributed by atoms with Crippen molar-refractivity contribution in [2.75, 3.05) is 0 Å². The van der Waals surface area contributed by atoms with Gasteiger partial charge in [0.05, 0.1) is 32.8 Å². The van der Waals surface area contributed by atoms with Gasteiger partial charge in [-0.2, -0.15) is 5.26 Å². The molecule has 0 N–H and O–H groups in total. The van der Waals surface area contributed by atoms with Crippen LogP contribution in [0.2, 0.25) is 10.0 Å². The van der Waals surface area contributed by atoms with Gasteiger partial charge in [-0.15, -0.1) is 11.3 Å². The van der Waals surface area contributed by atoms with E-state index in [1.165, 1.54) is 29.5 Å². The molecule has 8 heteroatoms. The Bertz CT molecular complexity index is 1750. The molecule has 0 saturated carbocycles. The fraction of sp³-hybridized carbons (Fsp3) is 0. The zero-order valence-electron chi connectivity index (χ0n) is 18.3. The number of hydrogen-bond acceptors (Lipinski definition) is 5. The Morgan fingerprint density at radius 1 is 0.889 bits per heavy atom. The topological polar surface area (TPSA) is 75.8 Å². The van der Waals surface area contributed by atoms with E-state index in [1.807, 2.05) is 53.1 Å². The van der Waals surface area contributed by atoms with Crippen LogP contribution in [-0.4, -0.2) is 21.1 Å². The van der Waals surface area contributed by atoms with Crippen molar-refractivity contribution in [3.8, 4) is 22.2 Å². The Kier molecular flexibility index (Phi) is 5.35. The van der Waals surface area contributed by atoms with Gasteiger partial charge < -0.3 is 0 Å². The zero-order chi connectivity index (χ0) is 25.0. The molecule has 2 heterocycles. The normalized spacial score (nSPS) is 12.8. The molecule has 2 aromatic heterocycles. The first kappa shape index (κ1) is 22.4. The quantitative estimate of drug-likeness (QED) is 0.181. The van der Waals surface area contributed by atoms with E-state index in [2.05, 4.69) is 6.07 Å². The SMILES string of the molecule is N#Cc1ccc(-c2cc3c(nc(C=C4C(=O)c5cc(Cl)c(Cl)cc5C4=O)n3-c3ccccc3)s2)cc1. The number of allylic oxidation sites excluding steroid dienone is 1. The van der Waals surface area contributed by atoms with E-state index in [9.17, 15) is 9.59 Å². The number of aromatic nitrogens is 2. The number of thiophene rings is 1. The molecule has 1 aliphatic rings. The van der Waals surface area contributed by atoms with E-state index in [-0.39, 0.29) is 26.7 Å². The van der Waals surface area contributed by atoms with Gasteiger partial charge in [-0.05, 0) is 54.1 Å². The van der Waals surface area contributed by atoms with Gasteiger partial charge in [0.15, 0.2) is 11.6 Å². The van der Waals surface area contributed by atoms with Crippen molar-refractivity contribution >= 4 is 62.5 Å². The summed E-state index contributed by atoms with van der Waals surface area (Å²) in [6, 6.07) is 24.0. The number of carbonyl (C=O) groups excluding carboxylic acids is 2. The van der Waals surface area contributed by atoms with E-state index >= 15 is 0 Å². The van der Waals surface area contributed by atoms with Crippen molar-refractivity contribution in [3.05, 3.63) is 111 Å². The molecule has 0 saturated heterocycles. The molecular formula is C28H13Cl2N3O2S. The maximum atomic E-state index is 13.1. The summed E-state index contributed by atoms with van der Waals surface area (Å²) < 4.78 is 1.93. The molecule has 0 radical (unpaired) electrons. The molecule has 5 nitrogen and oxygen atoms in total. The summed E-state index contributed by atoms with van der Waals surface area (Å²) in [5.74, 6) is -0.342. The van der Waals surface area contributed by atoms with Crippen LogP contribution in [0.3, 0.4) is 0 Å². The Labute approximate surface area is 219 Å². The highest BCUT2D eigenvalue weighted by molar-refractivity contribution is 7.21. The average molecular weight is 526 g/mol. The largest absolute Gasteiger partial charge is 0.292 e. The van der Waals surface area contributed by atoms with Crippen LogP contribution in [0.4, 0.5) is 0 Å². The van der Waals surface area contributed by atoms with E-state index in [0.717, 1.165) is 26.5 Å². The Hall–Kier alpha value is -4.02. The smallest absolute Gasteiger partial charge is 0.197 e. The second kappa shape index (κ2) is 8.58. The van der Waals surface area contributed by atoms with Crippen LogP contribution in [0.1, 0.15) is 32.1 Å². The third kappa shape index (κ3) is 3.57. The highest BCUT2D eigenvalue weighted by Gasteiger charge is 2.34. The summed E-state index contributed by atoms with van der Waals surface area (Å²) in [6.07, 6.45) is 1.54. The van der Waals surface area contributed by atoms with Crippen molar-refractivity contribution in [2.24, 2.45) is 0 Å². The van der Waals surface area contributed by atoms with E-state index < -0.39 is 11.6 Å². The third-order valence-electron chi connectivity index (χ3n) is 6.00. The van der Waals surface area contributed by atoms with Crippen LogP contribution in [0.25, 0.3) is 32.6 Å². The van der Waals surface area contributed by atoms with Crippen LogP contribution < -0.4 is 0 Å². The van der Waals surface area contributed by atoms with Gasteiger partial charge >= 0.3 is 0 Å². The number of ketones is 2. The monoisotopic (exact) mass is 525 g/mol. The minimum atomic E-state index is -0.405. The Morgan fingerprint density at radius 2 is 1.53 bits per heavy atom. The second-order valence-corrected chi connectivity index (χ2v) is 10.0. The minimum Gasteiger partial charge on any atom is -0.292 e. The maximum Gasteiger partial charge on any atom is 0.197 e. The lowest BCUT2D eigenvalue weighted by Crippen LogP contribution is -2.03. The van der Waals surface area contributed by atoms with Crippen molar-refractivity contribution < 1.29 is 9.59 Å². The summed E-state index contributed by atoms with van der Waals surface area (Å²) >= 11 is 13.7. The van der Waals surface area contributed by atoms with Crippen molar-refractivity contribution in [1.82, 2.24) is 9.55 Å². The summed E-state index contributed by atoms with van der Waals surface area (Å²) in [4.78, 5) is 32.8. The molecule has 0 amide bonds. The lowest BCUT2D eigenvalue weighted by Gasteiger charge is -2.07. The van der Waals surface area contributed by atoms with E-state index in [1.54, 1.807) is 12.1 Å². The molecule has 0 aliphatic heterocycles. The standard InChI is InChI=1S/C28H13Cl2N3O2S/c29-21-10-18-19(11-22(21)30)27(35)20(26(18)34)12-25-32-28-23(33(25)17-4-2-1-3-5-17)13-24(36-28)16-8-6-15(14-31)7-9-16/h1-13H. The van der Waals surface area contributed by atoms with Crippen LogP contribution in [-0.2, 0) is 0 Å². The molecule has 172 valence electrons. The third-order valence-corrected chi connectivity index (χ3v) is 7.79. The number of carbonyl (C=O) groups is 2. The summed E-state index contributed by atoms with van der Waals surface area (Å²) in [6.45, 7) is 0. The van der Waals surface area contributed by atoms with Gasteiger partial charge in [0, 0.05) is 21.7 Å². The van der Waals surface area contributed by atoms with Gasteiger partial charge in [0.2, 0.25) is 0 Å². The first-order valence-electron chi connectivity index (χ1n) is 10.8. The second-order valence-electron chi connectivity index (χ2n) is 8.16. The molecule has 0 fully saturated rings. The van der Waals surface area contributed by atoms with Gasteiger partial charge in [-0.25, -0.2) is 4.98 Å². The highest BCUT2D eigenvalue weighted by Crippen LogP contribution is 2.38. The van der Waals surface area contributed by atoms with E-state index in [0.29, 0.717) is 11.4 Å². The molecule has 0 atom stereocenters. The maximum absolute atomic E-state index is 13.1. The highest BCUT2D eigenvalue weighted by atomic mass is 35.5. The molecule has 0 bridgehead atoms. The number of hydrogen-bond donors (Lipinski definition) is 0. The van der Waals surface area contributed by atoms with Gasteiger partial charge in [-0.1, -0.05) is 53.5 Å². The number of nitrogens with zero attached hydrogens (tertiary/aromatic N) is 3. The van der Waals surface area contributed by atoms with Crippen molar-refractivity contribution in [3.63, 3.8) is 0 Å². The number of fused-ring (bicyclic) bond motifs is 2. The van der Waals surface area contributed by atoms with Crippen LogP contribution in [0, 0.1) is 11.3 Å². The number of nitriles is 1. The first-order chi connectivity index (χ1) is 17.4. The molecule has 3 aromatic carbocycles. The molecule has 6 rings (SSSR count). The zero-order valence-corrected chi connectivity index (χ0v) is 20.7. The number of Topliss-reactive ketones (excluding diaryl/α,β-unsaturated/α-hetero) is 2. The summed E-state index contributed by atoms with van der Waals surface area (Å²) in [5, 5.41) is 9.53. The lowest BCUT2D eigenvalue weighted by atomic mass is 10.1. The summed E-state index contributed by atoms with van der Waals surface area (Å²) in [5.41, 5.74) is 3.76.